The van der Waals surface area contributed by atoms with Crippen LogP contribution in [-0.4, -0.2) is 30.8 Å². The van der Waals surface area contributed by atoms with Gasteiger partial charge in [0, 0.05) is 18.3 Å². The molecule has 0 saturated carbocycles. The molecule has 0 aliphatic carbocycles. The lowest BCUT2D eigenvalue weighted by Gasteiger charge is -2.39. The summed E-state index contributed by atoms with van der Waals surface area (Å²) < 4.78 is 19.5. The number of anilines is 1. The Bertz CT molecular complexity index is 1060. The number of hydrogen-bond acceptors (Lipinski definition) is 4. The molecule has 0 bridgehead atoms. The van der Waals surface area contributed by atoms with E-state index in [1.165, 1.54) is 41.7 Å². The molecule has 2 heterocycles. The van der Waals surface area contributed by atoms with E-state index in [9.17, 15) is 9.50 Å². The Labute approximate surface area is 195 Å². The third-order valence-corrected chi connectivity index (χ3v) is 6.89. The van der Waals surface area contributed by atoms with Crippen molar-refractivity contribution in [1.82, 2.24) is 5.32 Å². The van der Waals surface area contributed by atoms with E-state index in [0.717, 1.165) is 50.4 Å². The molecule has 1 fully saturated rings. The number of hydrogen-bond donors (Lipinski definition) is 2. The monoisotopic (exact) mass is 446 g/mol. The molecular weight excluding hydrogens is 415 g/mol. The maximum absolute atomic E-state index is 13.5. The van der Waals surface area contributed by atoms with Crippen LogP contribution in [0.25, 0.3) is 0 Å². The first kappa shape index (κ1) is 21.8. The van der Waals surface area contributed by atoms with Gasteiger partial charge in [-0.15, -0.1) is 0 Å². The number of phenols is 1. The van der Waals surface area contributed by atoms with Gasteiger partial charge in [-0.2, -0.15) is 0 Å². The Kier molecular flexibility index (Phi) is 6.49. The molecule has 2 atom stereocenters. The van der Waals surface area contributed by atoms with Gasteiger partial charge in [-0.05, 0) is 104 Å². The van der Waals surface area contributed by atoms with E-state index in [0.29, 0.717) is 11.8 Å². The minimum absolute atomic E-state index is 0.111. The molecule has 2 aliphatic heterocycles. The smallest absolute Gasteiger partial charge is 0.123 e. The van der Waals surface area contributed by atoms with Gasteiger partial charge in [0.15, 0.2) is 0 Å². The van der Waals surface area contributed by atoms with E-state index in [1.807, 2.05) is 24.3 Å². The van der Waals surface area contributed by atoms with Crippen LogP contribution >= 0.6 is 0 Å². The number of fused-ring (bicyclic) bond motifs is 1. The Morgan fingerprint density at radius 2 is 1.85 bits per heavy atom. The molecule has 2 aliphatic rings. The highest BCUT2D eigenvalue weighted by atomic mass is 19.1. The zero-order chi connectivity index (χ0) is 22.6. The summed E-state index contributed by atoms with van der Waals surface area (Å²) in [6.07, 6.45) is 5.22. The highest BCUT2D eigenvalue weighted by Gasteiger charge is 2.28. The third-order valence-electron chi connectivity index (χ3n) is 6.89. The van der Waals surface area contributed by atoms with Crippen LogP contribution in [0.15, 0.2) is 66.7 Å². The highest BCUT2D eigenvalue weighted by molar-refractivity contribution is 5.53. The van der Waals surface area contributed by atoms with Crippen molar-refractivity contribution in [3.8, 4) is 11.5 Å². The average molecular weight is 447 g/mol. The minimum atomic E-state index is -0.225. The molecule has 5 rings (SSSR count). The number of nitrogens with one attached hydrogen (secondary N) is 1. The molecule has 3 aromatic rings. The van der Waals surface area contributed by atoms with Gasteiger partial charge in [0.05, 0.1) is 12.6 Å². The van der Waals surface area contributed by atoms with E-state index < -0.39 is 0 Å². The van der Waals surface area contributed by atoms with Crippen molar-refractivity contribution in [2.75, 3.05) is 24.6 Å². The van der Waals surface area contributed by atoms with Crippen molar-refractivity contribution in [2.24, 2.45) is 0 Å². The fraction of sp³-hybridized carbons (Fsp3) is 0.357. The van der Waals surface area contributed by atoms with E-state index in [4.69, 9.17) is 4.74 Å². The number of phenolic OH excluding ortho intramolecular Hbond substituents is 1. The molecule has 5 heteroatoms. The number of rotatable bonds is 7. The Balaban J connectivity index is 1.32. The van der Waals surface area contributed by atoms with Gasteiger partial charge < -0.3 is 20.1 Å². The molecule has 172 valence electrons. The summed E-state index contributed by atoms with van der Waals surface area (Å²) in [6, 6.07) is 21.5. The van der Waals surface area contributed by atoms with Crippen LogP contribution in [0.1, 0.15) is 42.0 Å². The van der Waals surface area contributed by atoms with Crippen LogP contribution in [0.2, 0.25) is 0 Å². The predicted octanol–water partition coefficient (Wildman–Crippen LogP) is 5.40. The number of aromatic hydroxyl groups is 1. The second-order valence-corrected chi connectivity index (χ2v) is 9.10. The molecule has 0 aromatic heterocycles. The van der Waals surface area contributed by atoms with Gasteiger partial charge in [0.2, 0.25) is 0 Å². The maximum atomic E-state index is 13.5. The van der Waals surface area contributed by atoms with Crippen molar-refractivity contribution >= 4 is 5.69 Å². The second kappa shape index (κ2) is 9.84. The molecule has 3 aromatic carbocycles. The van der Waals surface area contributed by atoms with Crippen molar-refractivity contribution in [3.05, 3.63) is 89.2 Å². The van der Waals surface area contributed by atoms with Crippen LogP contribution in [0.3, 0.4) is 0 Å². The maximum Gasteiger partial charge on any atom is 0.123 e. The first-order chi connectivity index (χ1) is 16.2. The largest absolute Gasteiger partial charge is 0.508 e. The van der Waals surface area contributed by atoms with Crippen LogP contribution in [0, 0.1) is 5.82 Å². The zero-order valence-electron chi connectivity index (χ0n) is 18.8. The van der Waals surface area contributed by atoms with Gasteiger partial charge in [-0.3, -0.25) is 0 Å². The van der Waals surface area contributed by atoms with E-state index >= 15 is 0 Å². The quantitative estimate of drug-likeness (QED) is 0.510. The summed E-state index contributed by atoms with van der Waals surface area (Å²) in [6.45, 7) is 2.68. The molecular formula is C28H31FN2O2. The molecule has 0 radical (unpaired) electrons. The number of halogens is 1. The Hall–Kier alpha value is -3.05. The van der Waals surface area contributed by atoms with Crippen LogP contribution < -0.4 is 15.0 Å². The summed E-state index contributed by atoms with van der Waals surface area (Å²) in [5.74, 6) is 0.982. The number of ether oxygens (including phenoxy) is 1. The van der Waals surface area contributed by atoms with Crippen LogP contribution in [0.4, 0.5) is 10.1 Å². The van der Waals surface area contributed by atoms with Crippen LogP contribution in [-0.2, 0) is 12.8 Å². The average Bonchev–Trinajstić information content (AvgIpc) is 3.34. The molecule has 33 heavy (non-hydrogen) atoms. The first-order valence-corrected chi connectivity index (χ1v) is 11.9. The molecule has 2 N–H and O–H groups in total. The Morgan fingerprint density at radius 1 is 1.03 bits per heavy atom. The molecule has 0 spiro atoms. The minimum Gasteiger partial charge on any atom is -0.508 e. The lowest BCUT2D eigenvalue weighted by Crippen LogP contribution is -2.36. The van der Waals surface area contributed by atoms with Crippen molar-refractivity contribution in [2.45, 2.75) is 44.2 Å². The third kappa shape index (κ3) is 5.14. The van der Waals surface area contributed by atoms with Crippen molar-refractivity contribution < 1.29 is 14.2 Å². The summed E-state index contributed by atoms with van der Waals surface area (Å²) in [7, 11) is 0. The molecule has 2 unspecified atom stereocenters. The summed E-state index contributed by atoms with van der Waals surface area (Å²) in [5, 5.41) is 13.5. The summed E-state index contributed by atoms with van der Waals surface area (Å²) >= 11 is 0. The first-order valence-electron chi connectivity index (χ1n) is 11.9. The van der Waals surface area contributed by atoms with E-state index in [1.54, 1.807) is 6.07 Å². The van der Waals surface area contributed by atoms with Gasteiger partial charge in [-0.1, -0.05) is 18.2 Å². The van der Waals surface area contributed by atoms with Gasteiger partial charge in [0.1, 0.15) is 17.3 Å². The topological polar surface area (TPSA) is 44.7 Å². The van der Waals surface area contributed by atoms with Crippen molar-refractivity contribution in [1.29, 1.82) is 0 Å². The SMILES string of the molecule is Oc1ccc2c(c1)CCN(c1ccc(F)cc1)C2Cc1ccc(OCCC2CCCN2)cc1. The van der Waals surface area contributed by atoms with Gasteiger partial charge in [0.25, 0.3) is 0 Å². The number of benzene rings is 3. The van der Waals surface area contributed by atoms with Gasteiger partial charge in [-0.25, -0.2) is 4.39 Å². The number of nitrogens with zero attached hydrogens (tertiary/aromatic N) is 1. The normalized spacial score (nSPS) is 20.0. The zero-order valence-corrected chi connectivity index (χ0v) is 18.8. The van der Waals surface area contributed by atoms with Crippen molar-refractivity contribution in [3.63, 3.8) is 0 Å². The van der Waals surface area contributed by atoms with Gasteiger partial charge >= 0.3 is 0 Å². The fourth-order valence-corrected chi connectivity index (χ4v) is 5.13. The van der Waals surface area contributed by atoms with Crippen LogP contribution in [0.5, 0.6) is 11.5 Å². The molecule has 4 nitrogen and oxygen atoms in total. The fourth-order valence-electron chi connectivity index (χ4n) is 5.13. The van der Waals surface area contributed by atoms with E-state index in [2.05, 4.69) is 34.5 Å². The lowest BCUT2D eigenvalue weighted by molar-refractivity contribution is 0.292. The highest BCUT2D eigenvalue weighted by Crippen LogP contribution is 2.37. The summed E-state index contributed by atoms with van der Waals surface area (Å²) in [4.78, 5) is 2.35. The van der Waals surface area contributed by atoms with E-state index in [-0.39, 0.29) is 11.9 Å². The predicted molar refractivity (Wildman–Crippen MR) is 130 cm³/mol. The Morgan fingerprint density at radius 3 is 2.61 bits per heavy atom. The standard InChI is InChI=1S/C28H31FN2O2/c29-22-5-7-24(8-6-22)31-16-13-21-19-25(32)9-12-27(21)28(31)18-20-3-10-26(11-4-20)33-17-14-23-2-1-15-30-23/h3-12,19,23,28,30,32H,1-2,13-18H2. The molecule has 0 amide bonds. The lowest BCUT2D eigenvalue weighted by atomic mass is 9.88. The summed E-state index contributed by atoms with van der Waals surface area (Å²) in [5.41, 5.74) is 4.63. The molecule has 1 saturated heterocycles. The second-order valence-electron chi connectivity index (χ2n) is 9.10.